The molecule has 1 aromatic rings. The molecule has 7 nitrogen and oxygen atoms in total. The van der Waals surface area contributed by atoms with Crippen molar-refractivity contribution in [2.45, 2.75) is 69.2 Å². The molecule has 3 N–H and O–H groups in total. The zero-order chi connectivity index (χ0) is 18.5. The van der Waals surface area contributed by atoms with Crippen LogP contribution in [0.25, 0.3) is 0 Å². The van der Waals surface area contributed by atoms with E-state index >= 15 is 0 Å². The number of carbonyl (C=O) groups is 1. The second-order valence-electron chi connectivity index (χ2n) is 7.85. The van der Waals surface area contributed by atoms with Gasteiger partial charge in [0.25, 0.3) is 0 Å². The number of rotatable bonds is 6. The number of nitrogens with zero attached hydrogens (tertiary/aromatic N) is 1. The van der Waals surface area contributed by atoms with Gasteiger partial charge in [-0.3, -0.25) is 15.6 Å². The Kier molecular flexibility index (Phi) is 6.21. The highest BCUT2D eigenvalue weighted by Gasteiger charge is 2.37. The van der Waals surface area contributed by atoms with E-state index in [1.807, 2.05) is 18.2 Å². The Bertz CT molecular complexity index is 615. The minimum Gasteiger partial charge on any atom is -0.472 e. The van der Waals surface area contributed by atoms with Gasteiger partial charge in [0.05, 0.1) is 19.3 Å². The summed E-state index contributed by atoms with van der Waals surface area (Å²) in [7, 11) is 0. The number of nitrogens with one attached hydrogen (secondary N) is 3. The molecule has 4 rings (SSSR count). The fraction of sp³-hybridized carbons (Fsp3) is 0.700. The highest BCUT2D eigenvalue weighted by molar-refractivity contribution is 5.76. The van der Waals surface area contributed by atoms with Crippen LogP contribution in [0.5, 0.6) is 5.88 Å². The Morgan fingerprint density at radius 3 is 3.07 bits per heavy atom. The Balaban J connectivity index is 1.26. The van der Waals surface area contributed by atoms with Crippen LogP contribution in [0.4, 0.5) is 0 Å². The lowest BCUT2D eigenvalue weighted by Crippen LogP contribution is -2.52. The molecule has 0 spiro atoms. The number of hydrazine groups is 1. The van der Waals surface area contributed by atoms with Crippen molar-refractivity contribution < 1.29 is 14.3 Å². The molecule has 3 aliphatic rings. The van der Waals surface area contributed by atoms with Gasteiger partial charge in [0.1, 0.15) is 6.10 Å². The average Bonchev–Trinajstić information content (AvgIpc) is 3.12. The Labute approximate surface area is 160 Å². The number of aromatic nitrogens is 1. The van der Waals surface area contributed by atoms with Crippen LogP contribution in [-0.2, 0) is 9.53 Å². The summed E-state index contributed by atoms with van der Waals surface area (Å²) in [5.41, 5.74) is 6.83. The third-order valence-electron chi connectivity index (χ3n) is 6.02. The smallest absolute Gasteiger partial charge is 0.220 e. The summed E-state index contributed by atoms with van der Waals surface area (Å²) in [6.07, 6.45) is 8.85. The van der Waals surface area contributed by atoms with Gasteiger partial charge < -0.3 is 14.8 Å². The van der Waals surface area contributed by atoms with E-state index in [1.54, 1.807) is 6.20 Å². The van der Waals surface area contributed by atoms with Crippen molar-refractivity contribution >= 4 is 5.91 Å². The number of fused-ring (bicyclic) bond motifs is 1. The zero-order valence-corrected chi connectivity index (χ0v) is 15.7. The lowest BCUT2D eigenvalue weighted by Gasteiger charge is -2.32. The third-order valence-corrected chi connectivity index (χ3v) is 6.02. The molecule has 27 heavy (non-hydrogen) atoms. The van der Waals surface area contributed by atoms with Crippen molar-refractivity contribution in [2.24, 2.45) is 5.92 Å². The molecule has 1 aromatic heterocycles. The molecule has 0 radical (unpaired) electrons. The highest BCUT2D eigenvalue weighted by Crippen LogP contribution is 2.31. The van der Waals surface area contributed by atoms with Crippen LogP contribution in [0.2, 0.25) is 0 Å². The molecule has 148 valence electrons. The van der Waals surface area contributed by atoms with Gasteiger partial charge in [-0.25, -0.2) is 4.98 Å². The summed E-state index contributed by atoms with van der Waals surface area (Å²) < 4.78 is 11.6. The maximum absolute atomic E-state index is 12.5. The van der Waals surface area contributed by atoms with E-state index in [0.717, 1.165) is 12.8 Å². The minimum atomic E-state index is -0.134. The summed E-state index contributed by atoms with van der Waals surface area (Å²) in [4.78, 5) is 16.8. The van der Waals surface area contributed by atoms with Crippen molar-refractivity contribution in [3.8, 4) is 5.88 Å². The predicted molar refractivity (Wildman–Crippen MR) is 101 cm³/mol. The van der Waals surface area contributed by atoms with Crippen molar-refractivity contribution in [3.63, 3.8) is 0 Å². The maximum Gasteiger partial charge on any atom is 0.220 e. The molecular weight excluding hydrogens is 344 g/mol. The fourth-order valence-electron chi connectivity index (χ4n) is 4.56. The first-order chi connectivity index (χ1) is 13.3. The zero-order valence-electron chi connectivity index (χ0n) is 15.7. The van der Waals surface area contributed by atoms with Gasteiger partial charge in [0.15, 0.2) is 0 Å². The highest BCUT2D eigenvalue weighted by atomic mass is 16.5. The van der Waals surface area contributed by atoms with Gasteiger partial charge in [-0.2, -0.15) is 0 Å². The monoisotopic (exact) mass is 374 g/mol. The lowest BCUT2D eigenvalue weighted by molar-refractivity contribution is -0.124. The van der Waals surface area contributed by atoms with Crippen molar-refractivity contribution in [1.82, 2.24) is 21.2 Å². The van der Waals surface area contributed by atoms with E-state index < -0.39 is 0 Å². The minimum absolute atomic E-state index is 0.0705. The number of pyridine rings is 1. The average molecular weight is 374 g/mol. The largest absolute Gasteiger partial charge is 0.472 e. The van der Waals surface area contributed by atoms with Gasteiger partial charge in [0.2, 0.25) is 11.8 Å². The van der Waals surface area contributed by atoms with Gasteiger partial charge in [-0.1, -0.05) is 18.9 Å². The van der Waals surface area contributed by atoms with E-state index in [1.165, 1.54) is 25.7 Å². The van der Waals surface area contributed by atoms with Crippen LogP contribution in [0.3, 0.4) is 0 Å². The Morgan fingerprint density at radius 2 is 2.19 bits per heavy atom. The summed E-state index contributed by atoms with van der Waals surface area (Å²) >= 11 is 0. The number of amides is 1. The molecule has 5 atom stereocenters. The van der Waals surface area contributed by atoms with Crippen LogP contribution in [0, 0.1) is 5.92 Å². The molecule has 1 amide bonds. The van der Waals surface area contributed by atoms with Gasteiger partial charge >= 0.3 is 0 Å². The first-order valence-electron chi connectivity index (χ1n) is 10.3. The number of ether oxygens (including phenoxy) is 2. The number of hydrogen-bond acceptors (Lipinski definition) is 6. The number of hydrogen-bond donors (Lipinski definition) is 3. The molecule has 3 fully saturated rings. The fourth-order valence-corrected chi connectivity index (χ4v) is 4.56. The molecule has 2 aliphatic heterocycles. The van der Waals surface area contributed by atoms with E-state index in [0.29, 0.717) is 43.5 Å². The lowest BCUT2D eigenvalue weighted by atomic mass is 9.80. The van der Waals surface area contributed by atoms with Crippen LogP contribution >= 0.6 is 0 Å². The quantitative estimate of drug-likeness (QED) is 0.701. The first kappa shape index (κ1) is 18.7. The SMILES string of the molecule is O=C(CCC1NNC2CCCCC21)N[C@@H]1COCC[C@H]1Oc1ccccn1. The molecule has 2 saturated heterocycles. The van der Waals surface area contributed by atoms with E-state index in [2.05, 4.69) is 21.2 Å². The van der Waals surface area contributed by atoms with Crippen LogP contribution < -0.4 is 20.9 Å². The van der Waals surface area contributed by atoms with E-state index in [4.69, 9.17) is 9.47 Å². The van der Waals surface area contributed by atoms with Crippen LogP contribution in [0.1, 0.15) is 44.9 Å². The Hall–Kier alpha value is -1.70. The first-order valence-corrected chi connectivity index (χ1v) is 10.3. The summed E-state index contributed by atoms with van der Waals surface area (Å²) in [5, 5.41) is 3.12. The molecule has 0 bridgehead atoms. The van der Waals surface area contributed by atoms with Crippen LogP contribution in [0.15, 0.2) is 24.4 Å². The van der Waals surface area contributed by atoms with Crippen molar-refractivity contribution in [3.05, 3.63) is 24.4 Å². The van der Waals surface area contributed by atoms with Crippen molar-refractivity contribution in [1.29, 1.82) is 0 Å². The van der Waals surface area contributed by atoms with Gasteiger partial charge in [-0.15, -0.1) is 0 Å². The van der Waals surface area contributed by atoms with E-state index in [-0.39, 0.29) is 18.1 Å². The Morgan fingerprint density at radius 1 is 1.26 bits per heavy atom. The summed E-state index contributed by atoms with van der Waals surface area (Å²) in [6.45, 7) is 1.13. The third kappa shape index (κ3) is 4.78. The molecular formula is C20H30N4O3. The van der Waals surface area contributed by atoms with Gasteiger partial charge in [0, 0.05) is 37.2 Å². The normalized spacial score (nSPS) is 33.3. The molecule has 1 saturated carbocycles. The van der Waals surface area contributed by atoms with E-state index in [9.17, 15) is 4.79 Å². The van der Waals surface area contributed by atoms with Gasteiger partial charge in [-0.05, 0) is 31.2 Å². The molecule has 7 heteroatoms. The second-order valence-corrected chi connectivity index (χ2v) is 7.85. The van der Waals surface area contributed by atoms with Crippen LogP contribution in [-0.4, -0.2) is 48.3 Å². The summed E-state index contributed by atoms with van der Waals surface area (Å²) in [6, 6.07) is 6.44. The molecule has 1 aliphatic carbocycles. The molecule has 3 heterocycles. The summed E-state index contributed by atoms with van der Waals surface area (Å²) in [5.74, 6) is 1.32. The maximum atomic E-state index is 12.5. The molecule has 3 unspecified atom stereocenters. The molecule has 0 aromatic carbocycles. The number of carbonyl (C=O) groups excluding carboxylic acids is 1. The standard InChI is InChI=1S/C20H30N4O3/c25-19(9-8-16-14-5-1-2-6-15(14)23-24-16)22-17-13-26-12-10-18(17)27-20-7-3-4-11-21-20/h3-4,7,11,14-18,23-24H,1-2,5-6,8-10,12-13H2,(H,22,25)/t14?,15?,16?,17-,18-/m1/s1. The topological polar surface area (TPSA) is 84.5 Å². The van der Waals surface area contributed by atoms with Crippen molar-refractivity contribution in [2.75, 3.05) is 13.2 Å². The second kappa shape index (κ2) is 8.99. The predicted octanol–water partition coefficient (Wildman–Crippen LogP) is 1.55.